The summed E-state index contributed by atoms with van der Waals surface area (Å²) in [6.07, 6.45) is 1.98. The molecule has 0 aliphatic heterocycles. The zero-order chi connectivity index (χ0) is 9.84. The Hall–Kier alpha value is -2.04. The minimum Gasteiger partial charge on any atom is -0.504 e. The number of benzene rings is 1. The molecule has 1 rings (SSSR count). The van der Waals surface area contributed by atoms with Crippen molar-refractivity contribution in [2.24, 2.45) is 0 Å². The minimum absolute atomic E-state index is 0.252. The molecule has 13 heavy (non-hydrogen) atoms. The molecular formula is C8H7NO4. The van der Waals surface area contributed by atoms with Crippen molar-refractivity contribution in [1.29, 1.82) is 0 Å². The number of hydrogen-bond donors (Lipinski definition) is 2. The van der Waals surface area contributed by atoms with Gasteiger partial charge in [-0.2, -0.15) is 0 Å². The van der Waals surface area contributed by atoms with Gasteiger partial charge in [-0.15, -0.1) is 0 Å². The summed E-state index contributed by atoms with van der Waals surface area (Å²) in [5, 5.41) is 27.9. The lowest BCUT2D eigenvalue weighted by Gasteiger charge is -1.96. The van der Waals surface area contributed by atoms with E-state index in [0.29, 0.717) is 5.56 Å². The predicted molar refractivity (Wildman–Crippen MR) is 45.8 cm³/mol. The summed E-state index contributed by atoms with van der Waals surface area (Å²) in [5.41, 5.74) is 0.451. The van der Waals surface area contributed by atoms with Crippen LogP contribution in [0, 0.1) is 10.1 Å². The molecule has 0 fully saturated rings. The van der Waals surface area contributed by atoms with Gasteiger partial charge in [0.25, 0.3) is 0 Å². The molecular weight excluding hydrogens is 174 g/mol. The summed E-state index contributed by atoms with van der Waals surface area (Å²) in [5.74, 6) is -0.552. The summed E-state index contributed by atoms with van der Waals surface area (Å²) in [4.78, 5) is 9.32. The van der Waals surface area contributed by atoms with Gasteiger partial charge in [-0.3, -0.25) is 10.1 Å². The maximum atomic E-state index is 9.93. The van der Waals surface area contributed by atoms with E-state index in [1.54, 1.807) is 0 Å². The van der Waals surface area contributed by atoms with Crippen LogP contribution < -0.4 is 0 Å². The highest BCUT2D eigenvalue weighted by atomic mass is 16.6. The molecule has 0 radical (unpaired) electrons. The molecule has 0 saturated carbocycles. The van der Waals surface area contributed by atoms with Gasteiger partial charge >= 0.3 is 0 Å². The Morgan fingerprint density at radius 2 is 2.00 bits per heavy atom. The Bertz CT molecular complexity index is 359. The van der Waals surface area contributed by atoms with E-state index < -0.39 is 4.92 Å². The van der Waals surface area contributed by atoms with Crippen molar-refractivity contribution in [3.63, 3.8) is 0 Å². The van der Waals surface area contributed by atoms with E-state index in [0.717, 1.165) is 6.20 Å². The number of nitro groups is 1. The van der Waals surface area contributed by atoms with Gasteiger partial charge in [0, 0.05) is 6.08 Å². The number of hydrogen-bond acceptors (Lipinski definition) is 4. The third-order valence-corrected chi connectivity index (χ3v) is 1.39. The Labute approximate surface area is 73.7 Å². The van der Waals surface area contributed by atoms with E-state index in [1.165, 1.54) is 24.3 Å². The van der Waals surface area contributed by atoms with Crippen LogP contribution in [0.25, 0.3) is 6.08 Å². The predicted octanol–water partition coefficient (Wildman–Crippen LogP) is 1.35. The molecule has 0 spiro atoms. The van der Waals surface area contributed by atoms with Crippen molar-refractivity contribution < 1.29 is 15.1 Å². The van der Waals surface area contributed by atoms with E-state index in [2.05, 4.69) is 0 Å². The first kappa shape index (κ1) is 9.05. The van der Waals surface area contributed by atoms with E-state index in [-0.39, 0.29) is 11.5 Å². The van der Waals surface area contributed by atoms with Gasteiger partial charge in [-0.25, -0.2) is 0 Å². The van der Waals surface area contributed by atoms with Gasteiger partial charge in [-0.05, 0) is 17.7 Å². The molecule has 0 saturated heterocycles. The standard InChI is InChI=1S/C8H7NO4/c10-7-2-1-6(5-8(7)11)3-4-9(12)13/h1-5,10-11H. The van der Waals surface area contributed by atoms with Crippen LogP contribution >= 0.6 is 0 Å². The van der Waals surface area contributed by atoms with Gasteiger partial charge in [0.05, 0.1) is 4.92 Å². The smallest absolute Gasteiger partial charge is 0.235 e. The molecule has 0 amide bonds. The molecule has 0 aliphatic carbocycles. The molecule has 5 heteroatoms. The first-order valence-electron chi connectivity index (χ1n) is 3.43. The van der Waals surface area contributed by atoms with Gasteiger partial charge in [0.2, 0.25) is 6.20 Å². The second-order valence-corrected chi connectivity index (χ2v) is 2.35. The van der Waals surface area contributed by atoms with E-state index >= 15 is 0 Å². The fourth-order valence-corrected chi connectivity index (χ4v) is 0.791. The van der Waals surface area contributed by atoms with Gasteiger partial charge in [0.15, 0.2) is 11.5 Å². The average Bonchev–Trinajstić information content (AvgIpc) is 2.07. The zero-order valence-corrected chi connectivity index (χ0v) is 6.54. The quantitative estimate of drug-likeness (QED) is 0.409. The summed E-state index contributed by atoms with van der Waals surface area (Å²) in [7, 11) is 0. The molecule has 0 bridgehead atoms. The van der Waals surface area contributed by atoms with E-state index in [1.807, 2.05) is 0 Å². The molecule has 0 unspecified atom stereocenters. The highest BCUT2D eigenvalue weighted by Crippen LogP contribution is 2.25. The summed E-state index contributed by atoms with van der Waals surface area (Å²) < 4.78 is 0. The Kier molecular flexibility index (Phi) is 2.49. The third-order valence-electron chi connectivity index (χ3n) is 1.39. The number of nitrogens with zero attached hydrogens (tertiary/aromatic N) is 1. The fraction of sp³-hybridized carbons (Fsp3) is 0. The highest BCUT2D eigenvalue weighted by Gasteiger charge is 1.98. The summed E-state index contributed by atoms with van der Waals surface area (Å²) >= 11 is 0. The molecule has 5 nitrogen and oxygen atoms in total. The molecule has 0 heterocycles. The average molecular weight is 181 g/mol. The monoisotopic (exact) mass is 181 g/mol. The third kappa shape index (κ3) is 2.48. The second-order valence-electron chi connectivity index (χ2n) is 2.35. The van der Waals surface area contributed by atoms with Crippen molar-refractivity contribution in [2.45, 2.75) is 0 Å². The van der Waals surface area contributed by atoms with Crippen LogP contribution in [0.3, 0.4) is 0 Å². The number of aromatic hydroxyl groups is 2. The van der Waals surface area contributed by atoms with Gasteiger partial charge in [0.1, 0.15) is 0 Å². The largest absolute Gasteiger partial charge is 0.504 e. The Morgan fingerprint density at radius 1 is 1.31 bits per heavy atom. The Morgan fingerprint density at radius 3 is 2.54 bits per heavy atom. The normalized spacial score (nSPS) is 10.5. The first-order chi connectivity index (χ1) is 6.09. The van der Waals surface area contributed by atoms with E-state index in [4.69, 9.17) is 10.2 Å². The first-order valence-corrected chi connectivity index (χ1v) is 3.43. The summed E-state index contributed by atoms with van der Waals surface area (Å²) in [6, 6.07) is 3.94. The number of phenols is 2. The SMILES string of the molecule is O=[N+]([O-])C=Cc1ccc(O)c(O)c1. The van der Waals surface area contributed by atoms with Crippen molar-refractivity contribution in [3.8, 4) is 11.5 Å². The van der Waals surface area contributed by atoms with Gasteiger partial charge in [-0.1, -0.05) is 6.07 Å². The number of rotatable bonds is 2. The lowest BCUT2D eigenvalue weighted by atomic mass is 10.2. The van der Waals surface area contributed by atoms with Crippen LogP contribution in [0.4, 0.5) is 0 Å². The van der Waals surface area contributed by atoms with Crippen molar-refractivity contribution >= 4 is 6.08 Å². The molecule has 0 atom stereocenters. The van der Waals surface area contributed by atoms with Crippen molar-refractivity contribution in [1.82, 2.24) is 0 Å². The molecule has 0 aliphatic rings. The minimum atomic E-state index is -0.607. The van der Waals surface area contributed by atoms with Crippen molar-refractivity contribution in [2.75, 3.05) is 0 Å². The van der Waals surface area contributed by atoms with Gasteiger partial charge < -0.3 is 10.2 Å². The topological polar surface area (TPSA) is 83.6 Å². The molecule has 2 N–H and O–H groups in total. The highest BCUT2D eigenvalue weighted by molar-refractivity contribution is 5.54. The van der Waals surface area contributed by atoms with Crippen LogP contribution in [0.15, 0.2) is 24.4 Å². The van der Waals surface area contributed by atoms with Crippen LogP contribution in [0.5, 0.6) is 11.5 Å². The zero-order valence-electron chi connectivity index (χ0n) is 6.54. The molecule has 68 valence electrons. The molecule has 1 aromatic rings. The van der Waals surface area contributed by atoms with Crippen LogP contribution in [-0.4, -0.2) is 15.1 Å². The number of phenolic OH excluding ortho intramolecular Hbond substituents is 2. The van der Waals surface area contributed by atoms with Crippen LogP contribution in [-0.2, 0) is 0 Å². The second kappa shape index (κ2) is 3.57. The lowest BCUT2D eigenvalue weighted by molar-refractivity contribution is -0.400. The van der Waals surface area contributed by atoms with E-state index in [9.17, 15) is 10.1 Å². The molecule has 0 aromatic heterocycles. The Balaban J connectivity index is 2.92. The molecule has 1 aromatic carbocycles. The van der Waals surface area contributed by atoms with Crippen LogP contribution in [0.1, 0.15) is 5.56 Å². The van der Waals surface area contributed by atoms with Crippen molar-refractivity contribution in [3.05, 3.63) is 40.1 Å². The maximum absolute atomic E-state index is 9.93. The maximum Gasteiger partial charge on any atom is 0.235 e. The summed E-state index contributed by atoms with van der Waals surface area (Å²) in [6.45, 7) is 0. The van der Waals surface area contributed by atoms with Crippen LogP contribution in [0.2, 0.25) is 0 Å². The fourth-order valence-electron chi connectivity index (χ4n) is 0.791. The lowest BCUT2D eigenvalue weighted by Crippen LogP contribution is -1.82.